The average molecular weight is 226 g/mol. The number of hydrogen-bond donors (Lipinski definition) is 2. The Hall–Kier alpha value is -1.59. The Kier molecular flexibility index (Phi) is 2.34. The van der Waals surface area contributed by atoms with Crippen LogP contribution >= 0.6 is 11.6 Å². The molecule has 0 saturated carbocycles. The highest BCUT2D eigenvalue weighted by Crippen LogP contribution is 2.16. The highest BCUT2D eigenvalue weighted by atomic mass is 35.5. The van der Waals surface area contributed by atoms with Crippen LogP contribution in [0.1, 0.15) is 11.6 Å². The zero-order valence-corrected chi connectivity index (χ0v) is 8.35. The maximum Gasteiger partial charge on any atom is 0.325 e. The number of pyridine rings is 1. The van der Waals surface area contributed by atoms with Crippen molar-refractivity contribution in [2.75, 3.05) is 0 Å². The van der Waals surface area contributed by atoms with E-state index in [0.29, 0.717) is 16.4 Å². The van der Waals surface area contributed by atoms with Gasteiger partial charge in [-0.25, -0.2) is 4.98 Å². The fourth-order valence-electron chi connectivity index (χ4n) is 1.29. The summed E-state index contributed by atoms with van der Waals surface area (Å²) < 4.78 is 1.58. The van der Waals surface area contributed by atoms with Crippen LogP contribution in [0.15, 0.2) is 24.5 Å². The summed E-state index contributed by atoms with van der Waals surface area (Å²) in [4.78, 5) is 14.7. The summed E-state index contributed by atoms with van der Waals surface area (Å²) in [5, 5.41) is 9.17. The molecule has 6 heteroatoms. The molecule has 1 unspecified atom stereocenters. The van der Waals surface area contributed by atoms with Gasteiger partial charge in [-0.1, -0.05) is 17.7 Å². The van der Waals surface area contributed by atoms with Crippen molar-refractivity contribution in [3.63, 3.8) is 0 Å². The first kappa shape index (κ1) is 9.95. The second-order valence-electron chi connectivity index (χ2n) is 3.09. The number of carboxylic acid groups (broad SMARTS) is 1. The molecule has 2 aromatic heterocycles. The van der Waals surface area contributed by atoms with Crippen molar-refractivity contribution >= 4 is 23.2 Å². The minimum atomic E-state index is -1.08. The third-order valence-corrected chi connectivity index (χ3v) is 2.39. The Balaban J connectivity index is 2.54. The number of halogens is 1. The Morgan fingerprint density at radius 2 is 2.33 bits per heavy atom. The van der Waals surface area contributed by atoms with E-state index in [-0.39, 0.29) is 0 Å². The van der Waals surface area contributed by atoms with Crippen molar-refractivity contribution in [2.24, 2.45) is 5.73 Å². The molecule has 2 aromatic rings. The van der Waals surface area contributed by atoms with Crippen LogP contribution in [0.2, 0.25) is 5.15 Å². The van der Waals surface area contributed by atoms with E-state index >= 15 is 0 Å². The molecule has 2 rings (SSSR count). The molecule has 0 saturated heterocycles. The van der Waals surface area contributed by atoms with Crippen LogP contribution in [0.4, 0.5) is 0 Å². The number of fused-ring (bicyclic) bond motifs is 1. The van der Waals surface area contributed by atoms with Gasteiger partial charge in [0.05, 0.1) is 6.20 Å². The summed E-state index contributed by atoms with van der Waals surface area (Å²) in [5.41, 5.74) is 6.61. The molecule has 2 heterocycles. The van der Waals surface area contributed by atoms with E-state index in [1.165, 1.54) is 6.20 Å². The molecule has 3 N–H and O–H groups in total. The predicted molar refractivity (Wildman–Crippen MR) is 54.8 cm³/mol. The minimum Gasteiger partial charge on any atom is -0.480 e. The lowest BCUT2D eigenvalue weighted by Crippen LogP contribution is -2.20. The molecule has 1 atom stereocenters. The molecule has 0 aliphatic heterocycles. The number of nitrogens with zero attached hydrogens (tertiary/aromatic N) is 2. The van der Waals surface area contributed by atoms with Gasteiger partial charge in [-0.05, 0) is 11.6 Å². The Morgan fingerprint density at radius 1 is 1.60 bits per heavy atom. The number of imidazole rings is 1. The molecule has 0 bridgehead atoms. The van der Waals surface area contributed by atoms with Gasteiger partial charge in [0.25, 0.3) is 0 Å². The fourth-order valence-corrected chi connectivity index (χ4v) is 1.48. The summed E-state index contributed by atoms with van der Waals surface area (Å²) in [5.74, 6) is -1.08. The third-order valence-electron chi connectivity index (χ3n) is 2.11. The van der Waals surface area contributed by atoms with Gasteiger partial charge in [0.15, 0.2) is 0 Å². The molecule has 0 fully saturated rings. The highest BCUT2D eigenvalue weighted by molar-refractivity contribution is 6.29. The molecule has 0 aliphatic rings. The summed E-state index contributed by atoms with van der Waals surface area (Å²) in [7, 11) is 0. The molecule has 0 spiro atoms. The number of nitrogens with two attached hydrogens (primary N) is 1. The quantitative estimate of drug-likeness (QED) is 0.801. The normalized spacial score (nSPS) is 12.9. The number of rotatable bonds is 2. The van der Waals surface area contributed by atoms with Crippen molar-refractivity contribution in [3.8, 4) is 0 Å². The van der Waals surface area contributed by atoms with Crippen molar-refractivity contribution in [1.82, 2.24) is 9.38 Å². The molecule has 0 aromatic carbocycles. The van der Waals surface area contributed by atoms with E-state index in [4.69, 9.17) is 22.4 Å². The standard InChI is InChI=1S/C9H8ClN3O2/c10-6-3-12-7-2-1-5(4-13(6)7)8(11)9(14)15/h1-4,8H,11H2,(H,14,15). The first-order chi connectivity index (χ1) is 7.09. The number of carbonyl (C=O) groups is 1. The monoisotopic (exact) mass is 225 g/mol. The van der Waals surface area contributed by atoms with Gasteiger partial charge < -0.3 is 10.8 Å². The van der Waals surface area contributed by atoms with Gasteiger partial charge in [-0.15, -0.1) is 0 Å². The lowest BCUT2D eigenvalue weighted by atomic mass is 10.1. The van der Waals surface area contributed by atoms with E-state index < -0.39 is 12.0 Å². The summed E-state index contributed by atoms with van der Waals surface area (Å²) in [6.07, 6.45) is 3.07. The minimum absolute atomic E-state index is 0.421. The Morgan fingerprint density at radius 3 is 3.00 bits per heavy atom. The van der Waals surface area contributed by atoms with Crippen molar-refractivity contribution in [1.29, 1.82) is 0 Å². The van der Waals surface area contributed by atoms with Crippen LogP contribution in [0.25, 0.3) is 5.65 Å². The van der Waals surface area contributed by atoms with Crippen LogP contribution in [0.5, 0.6) is 0 Å². The Bertz CT molecular complexity index is 523. The summed E-state index contributed by atoms with van der Waals surface area (Å²) in [6, 6.07) is 2.24. The second-order valence-corrected chi connectivity index (χ2v) is 3.47. The van der Waals surface area contributed by atoms with Gasteiger partial charge in [0.2, 0.25) is 0 Å². The van der Waals surface area contributed by atoms with Crippen LogP contribution in [0, 0.1) is 0 Å². The molecule has 15 heavy (non-hydrogen) atoms. The topological polar surface area (TPSA) is 80.6 Å². The molecular weight excluding hydrogens is 218 g/mol. The summed E-state index contributed by atoms with van der Waals surface area (Å²) >= 11 is 5.84. The number of aliphatic carboxylic acids is 1. The SMILES string of the molecule is NC(C(=O)O)c1ccc2ncc(Cl)n2c1. The largest absolute Gasteiger partial charge is 0.480 e. The lowest BCUT2D eigenvalue weighted by molar-refractivity contribution is -0.138. The Labute approximate surface area is 90.1 Å². The molecule has 0 aliphatic carbocycles. The molecule has 78 valence electrons. The predicted octanol–water partition coefficient (Wildman–Crippen LogP) is 1.07. The maximum absolute atomic E-state index is 10.7. The zero-order chi connectivity index (χ0) is 11.0. The average Bonchev–Trinajstić information content (AvgIpc) is 2.59. The number of carboxylic acids is 1. The van der Waals surface area contributed by atoms with E-state index in [9.17, 15) is 4.79 Å². The van der Waals surface area contributed by atoms with Gasteiger partial charge in [-0.3, -0.25) is 9.20 Å². The molecule has 5 nitrogen and oxygen atoms in total. The van der Waals surface area contributed by atoms with Crippen LogP contribution in [-0.4, -0.2) is 20.5 Å². The lowest BCUT2D eigenvalue weighted by Gasteiger charge is -2.07. The first-order valence-electron chi connectivity index (χ1n) is 4.20. The summed E-state index contributed by atoms with van der Waals surface area (Å²) in [6.45, 7) is 0. The van der Waals surface area contributed by atoms with Crippen molar-refractivity contribution < 1.29 is 9.90 Å². The smallest absolute Gasteiger partial charge is 0.325 e. The van der Waals surface area contributed by atoms with E-state index in [2.05, 4.69) is 4.98 Å². The molecule has 0 radical (unpaired) electrons. The third kappa shape index (κ3) is 1.67. The highest BCUT2D eigenvalue weighted by Gasteiger charge is 2.15. The first-order valence-corrected chi connectivity index (χ1v) is 4.58. The molecular formula is C9H8ClN3O2. The van der Waals surface area contributed by atoms with Gasteiger partial charge >= 0.3 is 5.97 Å². The maximum atomic E-state index is 10.7. The van der Waals surface area contributed by atoms with Crippen molar-refractivity contribution in [2.45, 2.75) is 6.04 Å². The van der Waals surface area contributed by atoms with Crippen LogP contribution < -0.4 is 5.73 Å². The van der Waals surface area contributed by atoms with E-state index in [1.807, 2.05) is 0 Å². The van der Waals surface area contributed by atoms with Gasteiger partial charge in [0.1, 0.15) is 16.8 Å². The van der Waals surface area contributed by atoms with Crippen molar-refractivity contribution in [3.05, 3.63) is 35.2 Å². The van der Waals surface area contributed by atoms with Gasteiger partial charge in [0, 0.05) is 6.20 Å². The van der Waals surface area contributed by atoms with Crippen LogP contribution in [0.3, 0.4) is 0 Å². The van der Waals surface area contributed by atoms with E-state index in [1.54, 1.807) is 22.7 Å². The number of aromatic nitrogens is 2. The number of hydrogen-bond acceptors (Lipinski definition) is 3. The second kappa shape index (κ2) is 3.52. The fraction of sp³-hybridized carbons (Fsp3) is 0.111. The van der Waals surface area contributed by atoms with Gasteiger partial charge in [-0.2, -0.15) is 0 Å². The van der Waals surface area contributed by atoms with Crippen LogP contribution in [-0.2, 0) is 4.79 Å². The van der Waals surface area contributed by atoms with E-state index in [0.717, 1.165) is 0 Å². The molecule has 0 amide bonds. The zero-order valence-electron chi connectivity index (χ0n) is 7.59.